The Kier molecular flexibility index (Phi) is 3.35. The van der Waals surface area contributed by atoms with Crippen LogP contribution in [0.25, 0.3) is 5.82 Å². The number of aromatic nitrogens is 3. The molecule has 0 radical (unpaired) electrons. The van der Waals surface area contributed by atoms with Crippen molar-refractivity contribution in [3.8, 4) is 5.82 Å². The number of halogens is 2. The molecule has 2 heterocycles. The number of rotatable bonds is 2. The highest BCUT2D eigenvalue weighted by atomic mass is 35.5. The Balaban J connectivity index is 2.14. The predicted molar refractivity (Wildman–Crippen MR) is 75.8 cm³/mol. The quantitative estimate of drug-likeness (QED) is 0.661. The van der Waals surface area contributed by atoms with Gasteiger partial charge in [-0.05, 0) is 31.7 Å². The first-order valence-electron chi connectivity index (χ1n) is 6.09. The third-order valence-corrected chi connectivity index (χ3v) is 3.87. The number of fused-ring (bicyclic) bond motifs is 1. The molecule has 0 aromatic carbocycles. The van der Waals surface area contributed by atoms with Gasteiger partial charge >= 0.3 is 0 Å². The van der Waals surface area contributed by atoms with Crippen molar-refractivity contribution in [3.05, 3.63) is 33.8 Å². The maximum absolute atomic E-state index is 6.23. The third kappa shape index (κ3) is 2.18. The number of aryl methyl sites for hydroxylation is 1. The number of hydrogen-bond donors (Lipinski definition) is 2. The fourth-order valence-corrected chi connectivity index (χ4v) is 2.88. The molecule has 0 bridgehead atoms. The zero-order chi connectivity index (χ0) is 13.4. The molecule has 19 heavy (non-hydrogen) atoms. The van der Waals surface area contributed by atoms with Crippen LogP contribution in [0.4, 0.5) is 5.82 Å². The number of hydrazine groups is 1. The van der Waals surface area contributed by atoms with Crippen LogP contribution in [-0.2, 0) is 12.8 Å². The molecule has 0 amide bonds. The number of nitrogens with zero attached hydrogens (tertiary/aromatic N) is 3. The Morgan fingerprint density at radius 3 is 2.79 bits per heavy atom. The van der Waals surface area contributed by atoms with E-state index in [-0.39, 0.29) is 0 Å². The van der Waals surface area contributed by atoms with Gasteiger partial charge < -0.3 is 5.43 Å². The fraction of sp³-hybridized carbons (Fsp3) is 0.333. The van der Waals surface area contributed by atoms with Gasteiger partial charge in [-0.2, -0.15) is 0 Å². The van der Waals surface area contributed by atoms with Gasteiger partial charge in [0.05, 0.1) is 15.7 Å². The van der Waals surface area contributed by atoms with E-state index in [4.69, 9.17) is 29.0 Å². The molecule has 100 valence electrons. The van der Waals surface area contributed by atoms with Crippen LogP contribution in [0.15, 0.2) is 12.4 Å². The number of imidazole rings is 1. The highest BCUT2D eigenvalue weighted by Gasteiger charge is 2.19. The minimum Gasteiger partial charge on any atom is -0.307 e. The van der Waals surface area contributed by atoms with E-state index in [1.807, 2.05) is 4.57 Å². The monoisotopic (exact) mass is 297 g/mol. The maximum Gasteiger partial charge on any atom is 0.161 e. The topological polar surface area (TPSA) is 68.8 Å². The van der Waals surface area contributed by atoms with Crippen LogP contribution in [0.1, 0.15) is 24.2 Å². The Bertz CT molecular complexity index is 623. The summed E-state index contributed by atoms with van der Waals surface area (Å²) in [7, 11) is 0. The number of anilines is 1. The number of nitrogen functional groups attached to an aromatic ring is 1. The summed E-state index contributed by atoms with van der Waals surface area (Å²) in [5.74, 6) is 6.40. The summed E-state index contributed by atoms with van der Waals surface area (Å²) in [6.07, 6.45) is 6.10. The van der Waals surface area contributed by atoms with E-state index in [1.165, 1.54) is 12.1 Å². The highest BCUT2D eigenvalue weighted by molar-refractivity contribution is 6.36. The van der Waals surface area contributed by atoms with Crippen molar-refractivity contribution in [1.82, 2.24) is 14.5 Å². The van der Waals surface area contributed by atoms with Gasteiger partial charge in [0, 0.05) is 5.69 Å². The van der Waals surface area contributed by atoms with E-state index < -0.39 is 0 Å². The zero-order valence-electron chi connectivity index (χ0n) is 10.2. The first-order valence-corrected chi connectivity index (χ1v) is 6.84. The summed E-state index contributed by atoms with van der Waals surface area (Å²) in [5.41, 5.74) is 4.77. The lowest BCUT2D eigenvalue weighted by Gasteiger charge is -2.15. The lowest BCUT2D eigenvalue weighted by Crippen LogP contribution is -2.12. The van der Waals surface area contributed by atoms with Gasteiger partial charge in [0.15, 0.2) is 11.6 Å². The Morgan fingerprint density at radius 2 is 2.00 bits per heavy atom. The summed E-state index contributed by atoms with van der Waals surface area (Å²) < 4.78 is 1.92. The molecule has 0 fully saturated rings. The second-order valence-corrected chi connectivity index (χ2v) is 5.30. The lowest BCUT2D eigenvalue weighted by atomic mass is 10.0. The van der Waals surface area contributed by atoms with Crippen LogP contribution in [0, 0.1) is 0 Å². The van der Waals surface area contributed by atoms with Gasteiger partial charge in [-0.15, -0.1) is 0 Å². The van der Waals surface area contributed by atoms with Crippen LogP contribution in [0.5, 0.6) is 0 Å². The number of nitrogens with one attached hydrogen (secondary N) is 1. The summed E-state index contributed by atoms with van der Waals surface area (Å²) in [4.78, 5) is 8.80. The molecule has 1 aliphatic carbocycles. The van der Waals surface area contributed by atoms with Gasteiger partial charge in [-0.1, -0.05) is 23.2 Å². The van der Waals surface area contributed by atoms with E-state index in [0.29, 0.717) is 21.7 Å². The Labute approximate surface area is 120 Å². The molecule has 0 saturated heterocycles. The van der Waals surface area contributed by atoms with Crippen molar-refractivity contribution in [2.24, 2.45) is 5.84 Å². The molecule has 0 atom stereocenters. The molecule has 0 aliphatic heterocycles. The van der Waals surface area contributed by atoms with Gasteiger partial charge in [0.2, 0.25) is 0 Å². The Hall–Kier alpha value is -1.30. The second kappa shape index (κ2) is 5.00. The Morgan fingerprint density at radius 1 is 1.21 bits per heavy atom. The first-order chi connectivity index (χ1) is 9.20. The first kappa shape index (κ1) is 12.7. The normalized spacial score (nSPS) is 14.3. The van der Waals surface area contributed by atoms with Gasteiger partial charge in [0.25, 0.3) is 0 Å². The van der Waals surface area contributed by atoms with Gasteiger partial charge in [-0.3, -0.25) is 4.57 Å². The van der Waals surface area contributed by atoms with Crippen molar-refractivity contribution in [1.29, 1.82) is 0 Å². The number of nitrogens with two attached hydrogens (primary N) is 1. The summed E-state index contributed by atoms with van der Waals surface area (Å²) in [6, 6.07) is 1.63. The zero-order valence-corrected chi connectivity index (χ0v) is 11.7. The van der Waals surface area contributed by atoms with Gasteiger partial charge in [-0.25, -0.2) is 15.8 Å². The molecule has 0 unspecified atom stereocenters. The van der Waals surface area contributed by atoms with Crippen LogP contribution < -0.4 is 11.3 Å². The van der Waals surface area contributed by atoms with Crippen molar-refractivity contribution in [3.63, 3.8) is 0 Å². The maximum atomic E-state index is 6.23. The van der Waals surface area contributed by atoms with E-state index in [2.05, 4.69) is 15.4 Å². The minimum atomic E-state index is 0.394. The standard InChI is InChI=1S/C12H13Cl2N5/c13-7-5-8(14)12(17-11(7)18-15)19-6-16-9-3-1-2-4-10(9)19/h5-6H,1-4,15H2,(H,17,18). The molecule has 3 N–H and O–H groups in total. The number of pyridine rings is 1. The highest BCUT2D eigenvalue weighted by Crippen LogP contribution is 2.30. The molecule has 2 aromatic heterocycles. The number of hydrogen-bond acceptors (Lipinski definition) is 4. The molecular formula is C12H13Cl2N5. The van der Waals surface area contributed by atoms with Crippen LogP contribution in [0.3, 0.4) is 0 Å². The van der Waals surface area contributed by atoms with Crippen molar-refractivity contribution in [2.45, 2.75) is 25.7 Å². The average Bonchev–Trinajstić information content (AvgIpc) is 2.83. The van der Waals surface area contributed by atoms with Crippen molar-refractivity contribution >= 4 is 29.0 Å². The van der Waals surface area contributed by atoms with E-state index in [1.54, 1.807) is 12.4 Å². The summed E-state index contributed by atoms with van der Waals surface area (Å²) >= 11 is 12.2. The summed E-state index contributed by atoms with van der Waals surface area (Å²) in [5, 5.41) is 0.875. The van der Waals surface area contributed by atoms with Crippen molar-refractivity contribution < 1.29 is 0 Å². The smallest absolute Gasteiger partial charge is 0.161 e. The molecule has 1 aliphatic rings. The fourth-order valence-electron chi connectivity index (χ4n) is 2.38. The van der Waals surface area contributed by atoms with E-state index in [0.717, 1.165) is 25.0 Å². The predicted octanol–water partition coefficient (Wildman–Crippen LogP) is 2.74. The van der Waals surface area contributed by atoms with Crippen LogP contribution in [0.2, 0.25) is 10.0 Å². The van der Waals surface area contributed by atoms with E-state index >= 15 is 0 Å². The molecule has 5 nitrogen and oxygen atoms in total. The minimum absolute atomic E-state index is 0.394. The molecular weight excluding hydrogens is 285 g/mol. The van der Waals surface area contributed by atoms with Crippen molar-refractivity contribution in [2.75, 3.05) is 5.43 Å². The van der Waals surface area contributed by atoms with Crippen LogP contribution in [-0.4, -0.2) is 14.5 Å². The average molecular weight is 298 g/mol. The van der Waals surface area contributed by atoms with Gasteiger partial charge in [0.1, 0.15) is 6.33 Å². The third-order valence-electron chi connectivity index (χ3n) is 3.31. The molecule has 2 aromatic rings. The largest absolute Gasteiger partial charge is 0.307 e. The van der Waals surface area contributed by atoms with E-state index in [9.17, 15) is 0 Å². The molecule has 3 rings (SSSR count). The SMILES string of the molecule is NNc1nc(-n2cnc3c2CCCC3)c(Cl)cc1Cl. The summed E-state index contributed by atoms with van der Waals surface area (Å²) in [6.45, 7) is 0. The lowest BCUT2D eigenvalue weighted by molar-refractivity contribution is 0.654. The molecule has 7 heteroatoms. The molecule has 0 saturated carbocycles. The van der Waals surface area contributed by atoms with Crippen LogP contribution >= 0.6 is 23.2 Å². The molecule has 0 spiro atoms. The second-order valence-electron chi connectivity index (χ2n) is 4.48.